The van der Waals surface area contributed by atoms with E-state index in [1.165, 1.54) is 0 Å². The predicted octanol–water partition coefficient (Wildman–Crippen LogP) is 3.32. The molecule has 1 aromatic carbocycles. The van der Waals surface area contributed by atoms with E-state index in [-0.39, 0.29) is 11.7 Å². The van der Waals surface area contributed by atoms with Crippen molar-refractivity contribution in [3.8, 4) is 5.75 Å². The zero-order valence-corrected chi connectivity index (χ0v) is 15.1. The minimum Gasteiger partial charge on any atom is -0.493 e. The lowest BCUT2D eigenvalue weighted by atomic mass is 10.0. The molecule has 0 aliphatic carbocycles. The lowest BCUT2D eigenvalue weighted by Gasteiger charge is -2.19. The van der Waals surface area contributed by atoms with Crippen LogP contribution in [0.5, 0.6) is 5.75 Å². The standard InChI is InChI=1S/C19H26N2O4/c1-5-17(24-11-13-6-7-23-10-13)14-9-18(25-12(2)3)15(19(20)22)8-16(14)21-4/h5,8-9,12-13H,4,6-7,10-11H2,1-3H3,(H2,20,22)/b17-5+. The molecule has 136 valence electrons. The highest BCUT2D eigenvalue weighted by atomic mass is 16.5. The normalized spacial score (nSPS) is 17.6. The van der Waals surface area contributed by atoms with E-state index in [1.807, 2.05) is 26.8 Å². The first-order valence-corrected chi connectivity index (χ1v) is 8.44. The average molecular weight is 346 g/mol. The van der Waals surface area contributed by atoms with Crippen molar-refractivity contribution in [3.05, 3.63) is 29.3 Å². The van der Waals surface area contributed by atoms with Crippen LogP contribution in [-0.2, 0) is 9.47 Å². The summed E-state index contributed by atoms with van der Waals surface area (Å²) in [6.07, 6.45) is 2.76. The van der Waals surface area contributed by atoms with Crippen molar-refractivity contribution in [2.75, 3.05) is 19.8 Å². The summed E-state index contributed by atoms with van der Waals surface area (Å²) in [5, 5.41) is 0. The first-order chi connectivity index (χ1) is 12.0. The second-order valence-electron chi connectivity index (χ2n) is 6.25. The van der Waals surface area contributed by atoms with Gasteiger partial charge in [-0.05, 0) is 52.1 Å². The van der Waals surface area contributed by atoms with Crippen molar-refractivity contribution in [1.29, 1.82) is 0 Å². The largest absolute Gasteiger partial charge is 0.493 e. The number of nitrogens with two attached hydrogens (primary N) is 1. The van der Waals surface area contributed by atoms with E-state index in [4.69, 9.17) is 19.9 Å². The van der Waals surface area contributed by atoms with Crippen LogP contribution < -0.4 is 10.5 Å². The number of hydrogen-bond donors (Lipinski definition) is 1. The molecule has 0 bridgehead atoms. The van der Waals surface area contributed by atoms with Crippen molar-refractivity contribution >= 4 is 24.1 Å². The van der Waals surface area contributed by atoms with Crippen LogP contribution in [0.2, 0.25) is 0 Å². The Balaban J connectivity index is 2.35. The summed E-state index contributed by atoms with van der Waals surface area (Å²) in [6.45, 7) is 11.3. The quantitative estimate of drug-likeness (QED) is 0.578. The highest BCUT2D eigenvalue weighted by Crippen LogP contribution is 2.35. The minimum absolute atomic E-state index is 0.0981. The third kappa shape index (κ3) is 4.82. The molecule has 1 fully saturated rings. The molecular formula is C19H26N2O4. The molecule has 1 unspecified atom stereocenters. The van der Waals surface area contributed by atoms with Crippen molar-refractivity contribution < 1.29 is 19.0 Å². The fraction of sp³-hybridized carbons (Fsp3) is 0.474. The Morgan fingerprint density at radius 1 is 1.48 bits per heavy atom. The molecule has 6 nitrogen and oxygen atoms in total. The van der Waals surface area contributed by atoms with Gasteiger partial charge in [0.2, 0.25) is 0 Å². The lowest BCUT2D eigenvalue weighted by molar-refractivity contribution is 0.0994. The van der Waals surface area contributed by atoms with E-state index >= 15 is 0 Å². The fourth-order valence-corrected chi connectivity index (χ4v) is 2.68. The lowest BCUT2D eigenvalue weighted by Crippen LogP contribution is -2.16. The van der Waals surface area contributed by atoms with Crippen LogP contribution >= 0.6 is 0 Å². The number of rotatable bonds is 8. The average Bonchev–Trinajstić information content (AvgIpc) is 3.08. The number of ether oxygens (including phenoxy) is 3. The van der Waals surface area contributed by atoms with E-state index in [1.54, 1.807) is 12.1 Å². The van der Waals surface area contributed by atoms with Gasteiger partial charge in [-0.3, -0.25) is 9.79 Å². The number of primary amides is 1. The Labute approximate surface area is 148 Å². The van der Waals surface area contributed by atoms with E-state index in [0.29, 0.717) is 36.3 Å². The number of allylic oxidation sites excluding steroid dienone is 1. The van der Waals surface area contributed by atoms with Gasteiger partial charge in [0.25, 0.3) is 5.91 Å². The first kappa shape index (κ1) is 19.0. The molecule has 25 heavy (non-hydrogen) atoms. The van der Waals surface area contributed by atoms with Gasteiger partial charge in [0.15, 0.2) is 0 Å². The molecule has 1 aromatic rings. The van der Waals surface area contributed by atoms with Crippen molar-refractivity contribution in [1.82, 2.24) is 0 Å². The molecule has 0 aromatic heterocycles. The predicted molar refractivity (Wildman–Crippen MR) is 98.5 cm³/mol. The third-order valence-corrected chi connectivity index (χ3v) is 3.92. The molecule has 0 spiro atoms. The van der Waals surface area contributed by atoms with Gasteiger partial charge in [-0.15, -0.1) is 0 Å². The number of nitrogens with zero attached hydrogens (tertiary/aromatic N) is 1. The second-order valence-corrected chi connectivity index (χ2v) is 6.25. The van der Waals surface area contributed by atoms with Crippen molar-refractivity contribution in [2.24, 2.45) is 16.6 Å². The summed E-state index contributed by atoms with van der Waals surface area (Å²) in [6, 6.07) is 3.33. The topological polar surface area (TPSA) is 83.1 Å². The summed E-state index contributed by atoms with van der Waals surface area (Å²) in [5.41, 5.74) is 7.00. The third-order valence-electron chi connectivity index (χ3n) is 3.92. The van der Waals surface area contributed by atoms with Crippen LogP contribution in [0.25, 0.3) is 5.76 Å². The molecule has 1 aliphatic heterocycles. The molecular weight excluding hydrogens is 320 g/mol. The van der Waals surface area contributed by atoms with Crippen molar-refractivity contribution in [3.63, 3.8) is 0 Å². The first-order valence-electron chi connectivity index (χ1n) is 8.44. The number of carbonyl (C=O) groups excluding carboxylic acids is 1. The van der Waals surface area contributed by atoms with Crippen LogP contribution in [0.1, 0.15) is 43.1 Å². The molecule has 2 rings (SSSR count). The smallest absolute Gasteiger partial charge is 0.252 e. The Bertz CT molecular complexity index is 662. The van der Waals surface area contributed by atoms with E-state index in [9.17, 15) is 4.79 Å². The number of amides is 1. The number of aliphatic imine (C=N–C) groups is 1. The van der Waals surface area contributed by atoms with Gasteiger partial charge < -0.3 is 19.9 Å². The highest BCUT2D eigenvalue weighted by molar-refractivity contribution is 5.97. The zero-order chi connectivity index (χ0) is 18.4. The summed E-state index contributed by atoms with van der Waals surface area (Å²) >= 11 is 0. The molecule has 1 aliphatic rings. The monoisotopic (exact) mass is 346 g/mol. The van der Waals surface area contributed by atoms with Gasteiger partial charge in [0.1, 0.15) is 11.5 Å². The van der Waals surface area contributed by atoms with Gasteiger partial charge in [-0.2, -0.15) is 0 Å². The van der Waals surface area contributed by atoms with Crippen LogP contribution in [0.15, 0.2) is 23.2 Å². The van der Waals surface area contributed by atoms with Gasteiger partial charge >= 0.3 is 0 Å². The molecule has 1 saturated heterocycles. The number of benzene rings is 1. The molecule has 0 radical (unpaired) electrons. The van der Waals surface area contributed by atoms with Crippen LogP contribution in [0.4, 0.5) is 5.69 Å². The second kappa shape index (κ2) is 8.67. The Morgan fingerprint density at radius 2 is 2.24 bits per heavy atom. The van der Waals surface area contributed by atoms with Gasteiger partial charge in [-0.1, -0.05) is 0 Å². The maximum atomic E-state index is 11.7. The number of hydrogen-bond acceptors (Lipinski definition) is 5. The van der Waals surface area contributed by atoms with Gasteiger partial charge in [0.05, 0.1) is 30.6 Å². The number of carbonyl (C=O) groups is 1. The minimum atomic E-state index is -0.571. The molecule has 1 amide bonds. The summed E-state index contributed by atoms with van der Waals surface area (Å²) in [5.74, 6) is 0.889. The van der Waals surface area contributed by atoms with E-state index in [0.717, 1.165) is 18.6 Å². The zero-order valence-electron chi connectivity index (χ0n) is 15.1. The van der Waals surface area contributed by atoms with Crippen LogP contribution in [0.3, 0.4) is 0 Å². The van der Waals surface area contributed by atoms with Crippen molar-refractivity contribution in [2.45, 2.75) is 33.3 Å². The SMILES string of the molecule is C=Nc1cc(C(N)=O)c(OC(C)C)cc1/C(=C\C)OCC1CCOC1. The fourth-order valence-electron chi connectivity index (χ4n) is 2.68. The van der Waals surface area contributed by atoms with E-state index in [2.05, 4.69) is 11.7 Å². The highest BCUT2D eigenvalue weighted by Gasteiger charge is 2.20. The Hall–Kier alpha value is -2.34. The molecule has 1 heterocycles. The van der Waals surface area contributed by atoms with E-state index < -0.39 is 5.91 Å². The summed E-state index contributed by atoms with van der Waals surface area (Å²) in [4.78, 5) is 15.8. The molecule has 0 saturated carbocycles. The summed E-state index contributed by atoms with van der Waals surface area (Å²) in [7, 11) is 0. The molecule has 1 atom stereocenters. The Kier molecular flexibility index (Phi) is 6.58. The van der Waals surface area contributed by atoms with Crippen LogP contribution in [0, 0.1) is 5.92 Å². The van der Waals surface area contributed by atoms with Crippen LogP contribution in [-0.4, -0.2) is 38.5 Å². The van der Waals surface area contributed by atoms with Gasteiger partial charge in [0, 0.05) is 18.1 Å². The van der Waals surface area contributed by atoms with Gasteiger partial charge in [-0.25, -0.2) is 0 Å². The molecule has 6 heteroatoms. The maximum absolute atomic E-state index is 11.7. The maximum Gasteiger partial charge on any atom is 0.252 e. The molecule has 2 N–H and O–H groups in total. The summed E-state index contributed by atoms with van der Waals surface area (Å²) < 4.78 is 17.1. The Morgan fingerprint density at radius 3 is 2.76 bits per heavy atom.